The van der Waals surface area contributed by atoms with Crippen LogP contribution in [0.4, 0.5) is 0 Å². The zero-order valence-corrected chi connectivity index (χ0v) is 8.36. The van der Waals surface area contributed by atoms with E-state index in [1.54, 1.807) is 0 Å². The quantitative estimate of drug-likeness (QED) is 0.441. The van der Waals surface area contributed by atoms with Gasteiger partial charge in [-0.15, -0.1) is 0 Å². The highest BCUT2D eigenvalue weighted by molar-refractivity contribution is 6.27. The predicted octanol–water partition coefficient (Wildman–Crippen LogP) is -0.934. The van der Waals surface area contributed by atoms with Crippen molar-refractivity contribution >= 4 is 11.9 Å². The first-order chi connectivity index (χ1) is 6.43. The minimum atomic E-state index is -1.82. The Kier molecular flexibility index (Phi) is 5.82. The van der Waals surface area contributed by atoms with Crippen LogP contribution in [0.25, 0.3) is 0 Å². The Balaban J connectivity index is 0.000000255. The van der Waals surface area contributed by atoms with Crippen LogP contribution >= 0.6 is 0 Å². The number of hydrogen-bond donors (Lipinski definition) is 3. The molecule has 0 aliphatic carbocycles. The molecule has 0 saturated carbocycles. The maximum absolute atomic E-state index is 9.10. The molecule has 0 aromatic heterocycles. The van der Waals surface area contributed by atoms with E-state index in [2.05, 4.69) is 24.2 Å². The lowest BCUT2D eigenvalue weighted by molar-refractivity contribution is -0.159. The summed E-state index contributed by atoms with van der Waals surface area (Å²) in [7, 11) is 2.16. The fourth-order valence-corrected chi connectivity index (χ4v) is 1.13. The zero-order valence-electron chi connectivity index (χ0n) is 8.36. The van der Waals surface area contributed by atoms with E-state index in [0.29, 0.717) is 6.04 Å². The molecule has 1 unspecified atom stereocenters. The number of piperazine rings is 1. The summed E-state index contributed by atoms with van der Waals surface area (Å²) in [6.07, 6.45) is 0. The first-order valence-corrected chi connectivity index (χ1v) is 4.31. The highest BCUT2D eigenvalue weighted by atomic mass is 16.4. The molecule has 1 atom stereocenters. The molecule has 82 valence electrons. The summed E-state index contributed by atoms with van der Waals surface area (Å²) >= 11 is 0. The van der Waals surface area contributed by atoms with Gasteiger partial charge >= 0.3 is 11.9 Å². The Morgan fingerprint density at radius 3 is 2.07 bits per heavy atom. The highest BCUT2D eigenvalue weighted by Crippen LogP contribution is 1.92. The van der Waals surface area contributed by atoms with Crippen LogP contribution in [0.15, 0.2) is 0 Å². The van der Waals surface area contributed by atoms with E-state index in [-0.39, 0.29) is 0 Å². The molecular formula is C8H16N2O4. The SMILES string of the molecule is CC1CN(C)CCN1.O=C(O)C(=O)O. The molecule has 1 heterocycles. The van der Waals surface area contributed by atoms with Crippen molar-refractivity contribution in [1.82, 2.24) is 10.2 Å². The number of carboxylic acid groups (broad SMARTS) is 2. The van der Waals surface area contributed by atoms with Crippen LogP contribution in [-0.2, 0) is 9.59 Å². The zero-order chi connectivity index (χ0) is 11.1. The second kappa shape index (κ2) is 6.33. The van der Waals surface area contributed by atoms with Gasteiger partial charge in [0, 0.05) is 25.7 Å². The van der Waals surface area contributed by atoms with Crippen molar-refractivity contribution in [3.63, 3.8) is 0 Å². The largest absolute Gasteiger partial charge is 0.473 e. The maximum Gasteiger partial charge on any atom is 0.414 e. The van der Waals surface area contributed by atoms with Gasteiger partial charge in [0.1, 0.15) is 0 Å². The molecule has 0 aromatic carbocycles. The third kappa shape index (κ3) is 6.38. The molecular weight excluding hydrogens is 188 g/mol. The molecule has 1 fully saturated rings. The Morgan fingerprint density at radius 2 is 1.86 bits per heavy atom. The molecule has 1 rings (SSSR count). The molecule has 3 N–H and O–H groups in total. The standard InChI is InChI=1S/C6H14N2.C2H2O4/c1-6-5-8(2)4-3-7-6;3-1(4)2(5)6/h6-7H,3-5H2,1-2H3;(H,3,4)(H,5,6). The Hall–Kier alpha value is -1.14. The molecule has 0 spiro atoms. The molecule has 14 heavy (non-hydrogen) atoms. The van der Waals surface area contributed by atoms with Crippen molar-refractivity contribution in [3.05, 3.63) is 0 Å². The number of carboxylic acids is 2. The second-order valence-electron chi connectivity index (χ2n) is 3.23. The topological polar surface area (TPSA) is 89.9 Å². The smallest absolute Gasteiger partial charge is 0.414 e. The minimum Gasteiger partial charge on any atom is -0.473 e. The average molecular weight is 204 g/mol. The van der Waals surface area contributed by atoms with Gasteiger partial charge in [-0.25, -0.2) is 9.59 Å². The molecule has 0 amide bonds. The molecule has 0 radical (unpaired) electrons. The van der Waals surface area contributed by atoms with Crippen LogP contribution in [0, 0.1) is 0 Å². The highest BCUT2D eigenvalue weighted by Gasteiger charge is 2.09. The van der Waals surface area contributed by atoms with Gasteiger partial charge in [0.25, 0.3) is 0 Å². The molecule has 1 saturated heterocycles. The summed E-state index contributed by atoms with van der Waals surface area (Å²) in [5, 5.41) is 18.2. The van der Waals surface area contributed by atoms with E-state index in [1.807, 2.05) is 0 Å². The van der Waals surface area contributed by atoms with Gasteiger partial charge in [0.2, 0.25) is 0 Å². The van der Waals surface area contributed by atoms with Gasteiger partial charge in [-0.2, -0.15) is 0 Å². The van der Waals surface area contributed by atoms with Crippen molar-refractivity contribution in [2.75, 3.05) is 26.7 Å². The number of nitrogens with one attached hydrogen (secondary N) is 1. The number of hydrogen-bond acceptors (Lipinski definition) is 4. The number of likely N-dealkylation sites (N-methyl/N-ethyl adjacent to an activating group) is 1. The van der Waals surface area contributed by atoms with Gasteiger partial charge in [-0.3, -0.25) is 0 Å². The first kappa shape index (κ1) is 12.9. The molecule has 6 nitrogen and oxygen atoms in total. The van der Waals surface area contributed by atoms with Crippen LogP contribution in [0.2, 0.25) is 0 Å². The fourth-order valence-electron chi connectivity index (χ4n) is 1.13. The van der Waals surface area contributed by atoms with Crippen LogP contribution in [0.1, 0.15) is 6.92 Å². The lowest BCUT2D eigenvalue weighted by Gasteiger charge is -2.28. The van der Waals surface area contributed by atoms with E-state index in [0.717, 1.165) is 6.54 Å². The summed E-state index contributed by atoms with van der Waals surface area (Å²) in [6, 6.07) is 0.689. The van der Waals surface area contributed by atoms with Crippen molar-refractivity contribution in [3.8, 4) is 0 Å². The summed E-state index contributed by atoms with van der Waals surface area (Å²) < 4.78 is 0. The lowest BCUT2D eigenvalue weighted by atomic mass is 10.2. The summed E-state index contributed by atoms with van der Waals surface area (Å²) in [6.45, 7) is 5.76. The molecule has 6 heteroatoms. The van der Waals surface area contributed by atoms with Gasteiger partial charge in [0.05, 0.1) is 0 Å². The Morgan fingerprint density at radius 1 is 1.36 bits per heavy atom. The molecule has 0 bridgehead atoms. The van der Waals surface area contributed by atoms with Crippen LogP contribution in [-0.4, -0.2) is 59.8 Å². The fraction of sp³-hybridized carbons (Fsp3) is 0.750. The number of rotatable bonds is 0. The van der Waals surface area contributed by atoms with Crippen molar-refractivity contribution in [2.45, 2.75) is 13.0 Å². The minimum absolute atomic E-state index is 0.689. The summed E-state index contributed by atoms with van der Waals surface area (Å²) in [5.41, 5.74) is 0. The summed E-state index contributed by atoms with van der Waals surface area (Å²) in [5.74, 6) is -3.65. The Labute approximate surface area is 82.5 Å². The van der Waals surface area contributed by atoms with E-state index in [1.165, 1.54) is 13.1 Å². The van der Waals surface area contributed by atoms with Crippen molar-refractivity contribution in [2.24, 2.45) is 0 Å². The molecule has 0 aromatic rings. The average Bonchev–Trinajstić information content (AvgIpc) is 2.04. The van der Waals surface area contributed by atoms with Gasteiger partial charge < -0.3 is 20.4 Å². The van der Waals surface area contributed by atoms with E-state index in [9.17, 15) is 0 Å². The van der Waals surface area contributed by atoms with E-state index >= 15 is 0 Å². The lowest BCUT2D eigenvalue weighted by Crippen LogP contribution is -2.47. The second-order valence-corrected chi connectivity index (χ2v) is 3.23. The van der Waals surface area contributed by atoms with Gasteiger partial charge in [-0.1, -0.05) is 0 Å². The molecule has 1 aliphatic rings. The van der Waals surface area contributed by atoms with Gasteiger partial charge in [0.15, 0.2) is 0 Å². The van der Waals surface area contributed by atoms with E-state index < -0.39 is 11.9 Å². The maximum atomic E-state index is 9.10. The Bertz CT molecular complexity index is 188. The van der Waals surface area contributed by atoms with Crippen molar-refractivity contribution in [1.29, 1.82) is 0 Å². The van der Waals surface area contributed by atoms with Crippen molar-refractivity contribution < 1.29 is 19.8 Å². The number of carbonyl (C=O) groups is 2. The van der Waals surface area contributed by atoms with Crippen LogP contribution in [0.3, 0.4) is 0 Å². The van der Waals surface area contributed by atoms with Gasteiger partial charge in [-0.05, 0) is 14.0 Å². The first-order valence-electron chi connectivity index (χ1n) is 4.31. The monoisotopic (exact) mass is 204 g/mol. The van der Waals surface area contributed by atoms with Crippen LogP contribution < -0.4 is 5.32 Å². The van der Waals surface area contributed by atoms with Crippen LogP contribution in [0.5, 0.6) is 0 Å². The third-order valence-corrected chi connectivity index (χ3v) is 1.75. The summed E-state index contributed by atoms with van der Waals surface area (Å²) in [4.78, 5) is 20.5. The number of nitrogens with zero attached hydrogens (tertiary/aromatic N) is 1. The third-order valence-electron chi connectivity index (χ3n) is 1.75. The molecule has 1 aliphatic heterocycles. The van der Waals surface area contributed by atoms with E-state index in [4.69, 9.17) is 19.8 Å². The number of aliphatic carboxylic acids is 2. The predicted molar refractivity (Wildman–Crippen MR) is 50.2 cm³/mol. The normalized spacial score (nSPS) is 22.0.